The number of nitrogens with one attached hydrogen (secondary N) is 1. The summed E-state index contributed by atoms with van der Waals surface area (Å²) in [6.45, 7) is 4.50. The zero-order valence-electron chi connectivity index (χ0n) is 9.07. The van der Waals surface area contributed by atoms with Crippen LogP contribution in [0.2, 0.25) is 0 Å². The molecule has 1 aromatic rings. The van der Waals surface area contributed by atoms with Crippen LogP contribution in [0.3, 0.4) is 0 Å². The summed E-state index contributed by atoms with van der Waals surface area (Å²) in [6, 6.07) is 0.422. The van der Waals surface area contributed by atoms with Crippen molar-refractivity contribution in [2.45, 2.75) is 32.7 Å². The van der Waals surface area contributed by atoms with E-state index in [2.05, 4.69) is 29.1 Å². The number of hydrogen-bond acceptors (Lipinski definition) is 3. The lowest BCUT2D eigenvalue weighted by atomic mass is 9.98. The highest BCUT2D eigenvalue weighted by atomic mass is 19.1. The highest BCUT2D eigenvalue weighted by Gasteiger charge is 2.29. The molecule has 1 aliphatic rings. The standard InChI is InChI=1S/C11H16FN3/c1-7-3-4-10(8(7)2)15-11-13-5-9(12)6-14-11/h5-8,10H,3-4H2,1-2H3,(H,13,14,15). The molecule has 0 saturated heterocycles. The smallest absolute Gasteiger partial charge is 0.223 e. The zero-order chi connectivity index (χ0) is 10.8. The summed E-state index contributed by atoms with van der Waals surface area (Å²) < 4.78 is 12.6. The Labute approximate surface area is 89.1 Å². The van der Waals surface area contributed by atoms with Crippen molar-refractivity contribution in [3.8, 4) is 0 Å². The fraction of sp³-hybridized carbons (Fsp3) is 0.636. The quantitative estimate of drug-likeness (QED) is 0.813. The van der Waals surface area contributed by atoms with Crippen molar-refractivity contribution < 1.29 is 4.39 Å². The van der Waals surface area contributed by atoms with Gasteiger partial charge in [0.2, 0.25) is 5.95 Å². The molecule has 0 aliphatic heterocycles. The van der Waals surface area contributed by atoms with E-state index in [9.17, 15) is 4.39 Å². The van der Waals surface area contributed by atoms with Gasteiger partial charge in [0.25, 0.3) is 0 Å². The molecule has 2 rings (SSSR count). The van der Waals surface area contributed by atoms with Gasteiger partial charge in [0.1, 0.15) is 0 Å². The molecule has 0 aromatic carbocycles. The maximum Gasteiger partial charge on any atom is 0.223 e. The summed E-state index contributed by atoms with van der Waals surface area (Å²) in [5, 5.41) is 3.26. The van der Waals surface area contributed by atoms with Gasteiger partial charge in [-0.2, -0.15) is 0 Å². The third-order valence-corrected chi connectivity index (χ3v) is 3.40. The minimum atomic E-state index is -0.395. The highest BCUT2D eigenvalue weighted by Crippen LogP contribution is 2.32. The molecule has 4 heteroatoms. The first-order valence-electron chi connectivity index (χ1n) is 5.41. The normalized spacial score (nSPS) is 30.5. The monoisotopic (exact) mass is 209 g/mol. The van der Waals surface area contributed by atoms with Crippen LogP contribution in [0, 0.1) is 17.7 Å². The molecule has 82 valence electrons. The summed E-state index contributed by atoms with van der Waals surface area (Å²) in [6.07, 6.45) is 4.76. The third kappa shape index (κ3) is 2.25. The molecule has 3 atom stereocenters. The van der Waals surface area contributed by atoms with Crippen molar-refractivity contribution in [3.05, 3.63) is 18.2 Å². The van der Waals surface area contributed by atoms with Gasteiger partial charge >= 0.3 is 0 Å². The molecule has 3 unspecified atom stereocenters. The summed E-state index contributed by atoms with van der Waals surface area (Å²) in [5.41, 5.74) is 0. The van der Waals surface area contributed by atoms with Crippen LogP contribution in [0.4, 0.5) is 10.3 Å². The summed E-state index contributed by atoms with van der Waals surface area (Å²) >= 11 is 0. The summed E-state index contributed by atoms with van der Waals surface area (Å²) in [5.74, 6) is 1.50. The Hall–Kier alpha value is -1.19. The zero-order valence-corrected chi connectivity index (χ0v) is 9.07. The van der Waals surface area contributed by atoms with E-state index in [0.29, 0.717) is 17.9 Å². The van der Waals surface area contributed by atoms with Crippen molar-refractivity contribution >= 4 is 5.95 Å². The number of aromatic nitrogens is 2. The van der Waals surface area contributed by atoms with Gasteiger partial charge in [0.15, 0.2) is 5.82 Å². The van der Waals surface area contributed by atoms with Crippen molar-refractivity contribution in [1.82, 2.24) is 9.97 Å². The molecule has 1 saturated carbocycles. The van der Waals surface area contributed by atoms with Crippen LogP contribution in [0.25, 0.3) is 0 Å². The molecular formula is C11H16FN3. The molecule has 1 aromatic heterocycles. The van der Waals surface area contributed by atoms with Crippen molar-refractivity contribution in [2.75, 3.05) is 5.32 Å². The Bertz CT molecular complexity index is 325. The Morgan fingerprint density at radius 2 is 1.93 bits per heavy atom. The van der Waals surface area contributed by atoms with Crippen molar-refractivity contribution in [3.63, 3.8) is 0 Å². The fourth-order valence-corrected chi connectivity index (χ4v) is 2.12. The number of nitrogens with zero attached hydrogens (tertiary/aromatic N) is 2. The molecule has 3 nitrogen and oxygen atoms in total. The van der Waals surface area contributed by atoms with E-state index in [1.807, 2.05) is 0 Å². The number of anilines is 1. The van der Waals surface area contributed by atoms with E-state index >= 15 is 0 Å². The number of hydrogen-bond donors (Lipinski definition) is 1. The second-order valence-electron chi connectivity index (χ2n) is 4.39. The lowest BCUT2D eigenvalue weighted by molar-refractivity contribution is 0.434. The van der Waals surface area contributed by atoms with Crippen LogP contribution < -0.4 is 5.32 Å². The van der Waals surface area contributed by atoms with Crippen molar-refractivity contribution in [1.29, 1.82) is 0 Å². The largest absolute Gasteiger partial charge is 0.351 e. The minimum absolute atomic E-state index is 0.395. The Morgan fingerprint density at radius 3 is 2.47 bits per heavy atom. The van der Waals surface area contributed by atoms with Gasteiger partial charge in [0.05, 0.1) is 12.4 Å². The highest BCUT2D eigenvalue weighted by molar-refractivity contribution is 5.25. The molecule has 1 fully saturated rings. The third-order valence-electron chi connectivity index (χ3n) is 3.40. The predicted octanol–water partition coefficient (Wildman–Crippen LogP) is 2.46. The van der Waals surface area contributed by atoms with E-state index in [4.69, 9.17) is 0 Å². The second-order valence-corrected chi connectivity index (χ2v) is 4.39. The van der Waals surface area contributed by atoms with E-state index in [1.165, 1.54) is 18.8 Å². The van der Waals surface area contributed by atoms with Crippen LogP contribution in [0.1, 0.15) is 26.7 Å². The molecule has 0 radical (unpaired) electrons. The van der Waals surface area contributed by atoms with Gasteiger partial charge in [0, 0.05) is 6.04 Å². The molecule has 1 heterocycles. The lowest BCUT2D eigenvalue weighted by Crippen LogP contribution is -2.25. The van der Waals surface area contributed by atoms with Crippen molar-refractivity contribution in [2.24, 2.45) is 11.8 Å². The lowest BCUT2D eigenvalue weighted by Gasteiger charge is -2.19. The van der Waals surface area contributed by atoms with Crippen LogP contribution in [0.15, 0.2) is 12.4 Å². The molecule has 0 bridgehead atoms. The average molecular weight is 209 g/mol. The van der Waals surface area contributed by atoms with Crippen LogP contribution >= 0.6 is 0 Å². The van der Waals surface area contributed by atoms with E-state index in [0.717, 1.165) is 12.3 Å². The SMILES string of the molecule is CC1CCC(Nc2ncc(F)cn2)C1C. The molecule has 0 spiro atoms. The Balaban J connectivity index is 2.00. The second kappa shape index (κ2) is 4.13. The molecule has 1 aliphatic carbocycles. The first-order valence-corrected chi connectivity index (χ1v) is 5.41. The average Bonchev–Trinajstić information content (AvgIpc) is 2.53. The van der Waals surface area contributed by atoms with Crippen LogP contribution in [-0.4, -0.2) is 16.0 Å². The molecule has 15 heavy (non-hydrogen) atoms. The van der Waals surface area contributed by atoms with Gasteiger partial charge in [-0.3, -0.25) is 0 Å². The first-order chi connectivity index (χ1) is 7.16. The van der Waals surface area contributed by atoms with Crippen LogP contribution in [-0.2, 0) is 0 Å². The minimum Gasteiger partial charge on any atom is -0.351 e. The van der Waals surface area contributed by atoms with Gasteiger partial charge in [-0.05, 0) is 24.7 Å². The molecular weight excluding hydrogens is 193 g/mol. The number of halogens is 1. The van der Waals surface area contributed by atoms with Gasteiger partial charge in [-0.25, -0.2) is 14.4 Å². The first kappa shape index (κ1) is 10.3. The maximum absolute atomic E-state index is 12.6. The summed E-state index contributed by atoms with van der Waals surface area (Å²) in [4.78, 5) is 7.81. The van der Waals surface area contributed by atoms with Gasteiger partial charge < -0.3 is 5.32 Å². The van der Waals surface area contributed by atoms with Gasteiger partial charge in [-0.15, -0.1) is 0 Å². The fourth-order valence-electron chi connectivity index (χ4n) is 2.12. The Kier molecular flexibility index (Phi) is 2.84. The van der Waals surface area contributed by atoms with E-state index in [1.54, 1.807) is 0 Å². The Morgan fingerprint density at radius 1 is 1.27 bits per heavy atom. The van der Waals surface area contributed by atoms with Gasteiger partial charge in [-0.1, -0.05) is 13.8 Å². The predicted molar refractivity (Wildman–Crippen MR) is 57.0 cm³/mol. The topological polar surface area (TPSA) is 37.8 Å². The molecule has 0 amide bonds. The molecule has 1 N–H and O–H groups in total. The maximum atomic E-state index is 12.6. The number of rotatable bonds is 2. The van der Waals surface area contributed by atoms with Crippen LogP contribution in [0.5, 0.6) is 0 Å². The van der Waals surface area contributed by atoms with E-state index < -0.39 is 5.82 Å². The van der Waals surface area contributed by atoms with E-state index in [-0.39, 0.29) is 0 Å². The summed E-state index contributed by atoms with van der Waals surface area (Å²) in [7, 11) is 0.